The van der Waals surface area contributed by atoms with Gasteiger partial charge in [-0.2, -0.15) is 8.42 Å². The maximum atomic E-state index is 13.4. The Morgan fingerprint density at radius 3 is 2.66 bits per heavy atom. The van der Waals surface area contributed by atoms with Gasteiger partial charge in [0.2, 0.25) is 5.43 Å². The van der Waals surface area contributed by atoms with Gasteiger partial charge in [-0.25, -0.2) is 4.68 Å². The molecule has 0 fully saturated rings. The van der Waals surface area contributed by atoms with Crippen molar-refractivity contribution in [2.24, 2.45) is 0 Å². The molecule has 1 N–H and O–H groups in total. The molecule has 0 aliphatic carbocycles. The van der Waals surface area contributed by atoms with Crippen LogP contribution in [0.25, 0.3) is 21.8 Å². The maximum absolute atomic E-state index is 13.4. The number of methoxy groups -OCH3 is 1. The number of aromatic nitrogens is 4. The third-order valence-corrected chi connectivity index (χ3v) is 5.58. The van der Waals surface area contributed by atoms with Crippen molar-refractivity contribution in [2.45, 2.75) is 13.0 Å². The second kappa shape index (κ2) is 7.92. The third-order valence-electron chi connectivity index (χ3n) is 4.88. The highest BCUT2D eigenvalue weighted by Crippen LogP contribution is 2.28. The number of nitrogens with zero attached hydrogens (tertiary/aromatic N) is 3. The zero-order valence-corrected chi connectivity index (χ0v) is 18.7. The molecule has 4 aromatic rings. The standard InChI is InChI=1S/C20H17ClN4O6S/c1-10(12-6-7-22-9-15(12)30-2)25-20(27)16-17(19(24-25)31-32(3,28)29)23-14-8-11(21)4-5-13(14)18(16)26/h4-10H,1-3H3,(H,23,26). The highest BCUT2D eigenvalue weighted by atomic mass is 35.5. The molecule has 1 aromatic carbocycles. The van der Waals surface area contributed by atoms with E-state index in [0.29, 0.717) is 21.9 Å². The van der Waals surface area contributed by atoms with E-state index in [1.165, 1.54) is 37.7 Å². The summed E-state index contributed by atoms with van der Waals surface area (Å²) in [6.45, 7) is 1.65. The van der Waals surface area contributed by atoms with Crippen LogP contribution in [-0.4, -0.2) is 41.5 Å². The summed E-state index contributed by atoms with van der Waals surface area (Å²) in [7, 11) is -2.59. The van der Waals surface area contributed by atoms with Crippen LogP contribution in [0.3, 0.4) is 0 Å². The van der Waals surface area contributed by atoms with Gasteiger partial charge in [0.25, 0.3) is 11.4 Å². The van der Waals surface area contributed by atoms with E-state index in [-0.39, 0.29) is 16.3 Å². The van der Waals surface area contributed by atoms with Crippen LogP contribution in [-0.2, 0) is 10.1 Å². The Hall–Kier alpha value is -3.44. The largest absolute Gasteiger partial charge is 0.495 e. The first-order chi connectivity index (χ1) is 15.1. The van der Waals surface area contributed by atoms with Gasteiger partial charge in [-0.15, -0.1) is 5.10 Å². The molecule has 0 spiro atoms. The second-order valence-electron chi connectivity index (χ2n) is 7.03. The average molecular weight is 477 g/mol. The second-order valence-corrected chi connectivity index (χ2v) is 9.04. The van der Waals surface area contributed by atoms with Crippen LogP contribution in [0.1, 0.15) is 18.5 Å². The van der Waals surface area contributed by atoms with Crippen molar-refractivity contribution in [1.82, 2.24) is 19.7 Å². The Bertz CT molecular complexity index is 1600. The predicted octanol–water partition coefficient (Wildman–Crippen LogP) is 2.24. The van der Waals surface area contributed by atoms with E-state index in [0.717, 1.165) is 10.9 Å². The molecule has 32 heavy (non-hydrogen) atoms. The van der Waals surface area contributed by atoms with Crippen LogP contribution >= 0.6 is 11.6 Å². The topological polar surface area (TPSA) is 133 Å². The Kier molecular flexibility index (Phi) is 5.39. The molecule has 10 nitrogen and oxygen atoms in total. The quantitative estimate of drug-likeness (QED) is 0.342. The van der Waals surface area contributed by atoms with Gasteiger partial charge < -0.3 is 13.9 Å². The molecule has 4 rings (SSSR count). The molecular weight excluding hydrogens is 460 g/mol. The van der Waals surface area contributed by atoms with Crippen LogP contribution in [0.2, 0.25) is 5.02 Å². The smallest absolute Gasteiger partial charge is 0.307 e. The molecule has 1 atom stereocenters. The first-order valence-electron chi connectivity index (χ1n) is 9.26. The molecular formula is C20H17ClN4O6S. The van der Waals surface area contributed by atoms with Gasteiger partial charge in [0.1, 0.15) is 16.7 Å². The van der Waals surface area contributed by atoms with Gasteiger partial charge in [0.15, 0.2) is 0 Å². The molecule has 166 valence electrons. The molecule has 0 aliphatic heterocycles. The Morgan fingerprint density at radius 2 is 1.97 bits per heavy atom. The number of rotatable bonds is 5. The highest BCUT2D eigenvalue weighted by molar-refractivity contribution is 7.86. The highest BCUT2D eigenvalue weighted by Gasteiger charge is 2.24. The average Bonchev–Trinajstić information content (AvgIpc) is 2.74. The van der Waals surface area contributed by atoms with E-state index in [9.17, 15) is 18.0 Å². The fraction of sp³-hybridized carbons (Fsp3) is 0.200. The Balaban J connectivity index is 2.11. The minimum absolute atomic E-state index is 0.148. The summed E-state index contributed by atoms with van der Waals surface area (Å²) in [4.78, 5) is 33.5. The van der Waals surface area contributed by atoms with Crippen LogP contribution in [0.5, 0.6) is 11.6 Å². The molecule has 3 heterocycles. The van der Waals surface area contributed by atoms with Crippen LogP contribution in [0.15, 0.2) is 46.2 Å². The molecule has 1 unspecified atom stereocenters. The minimum atomic E-state index is -4.04. The SMILES string of the molecule is COc1cnccc1C(C)n1nc(OS(C)(=O)=O)c2[nH]c3cc(Cl)ccc3c(=O)c2c1=O. The van der Waals surface area contributed by atoms with Crippen molar-refractivity contribution < 1.29 is 17.3 Å². The number of ether oxygens (including phenoxy) is 1. The number of H-pyrrole nitrogens is 1. The lowest BCUT2D eigenvalue weighted by molar-refractivity contribution is 0.394. The summed E-state index contributed by atoms with van der Waals surface area (Å²) in [6.07, 6.45) is 3.82. The lowest BCUT2D eigenvalue weighted by atomic mass is 10.1. The monoisotopic (exact) mass is 476 g/mol. The third kappa shape index (κ3) is 3.80. The van der Waals surface area contributed by atoms with Crippen molar-refractivity contribution in [3.8, 4) is 11.6 Å². The van der Waals surface area contributed by atoms with Crippen LogP contribution < -0.4 is 19.9 Å². The molecule has 0 bridgehead atoms. The van der Waals surface area contributed by atoms with Crippen molar-refractivity contribution in [2.75, 3.05) is 13.4 Å². The van der Waals surface area contributed by atoms with Gasteiger partial charge in [-0.3, -0.25) is 14.6 Å². The van der Waals surface area contributed by atoms with E-state index < -0.39 is 33.0 Å². The van der Waals surface area contributed by atoms with Gasteiger partial charge in [0, 0.05) is 22.2 Å². The zero-order chi connectivity index (χ0) is 23.2. The number of aromatic amines is 1. The number of pyridine rings is 2. The Morgan fingerprint density at radius 1 is 1.22 bits per heavy atom. The van der Waals surface area contributed by atoms with E-state index in [4.69, 9.17) is 20.5 Å². The summed E-state index contributed by atoms with van der Waals surface area (Å²) < 4.78 is 35.1. The molecule has 12 heteroatoms. The lowest BCUT2D eigenvalue weighted by Crippen LogP contribution is -2.31. The molecule has 0 saturated heterocycles. The molecule has 3 aromatic heterocycles. The van der Waals surface area contributed by atoms with E-state index in [2.05, 4.69) is 15.1 Å². The number of hydrogen-bond donors (Lipinski definition) is 1. The van der Waals surface area contributed by atoms with Crippen LogP contribution in [0, 0.1) is 0 Å². The summed E-state index contributed by atoms with van der Waals surface area (Å²) in [5, 5.41) is 4.38. The van der Waals surface area contributed by atoms with Crippen molar-refractivity contribution >= 4 is 43.5 Å². The number of benzene rings is 1. The van der Waals surface area contributed by atoms with Gasteiger partial charge in [0.05, 0.1) is 31.1 Å². The fourth-order valence-electron chi connectivity index (χ4n) is 3.44. The summed E-state index contributed by atoms with van der Waals surface area (Å²) in [6, 6.07) is 5.37. The van der Waals surface area contributed by atoms with Gasteiger partial charge in [-0.1, -0.05) is 11.6 Å². The van der Waals surface area contributed by atoms with Crippen molar-refractivity contribution in [1.29, 1.82) is 0 Å². The number of nitrogens with one attached hydrogen (secondary N) is 1. The summed E-state index contributed by atoms with van der Waals surface area (Å²) >= 11 is 6.02. The number of hydrogen-bond acceptors (Lipinski definition) is 8. The minimum Gasteiger partial charge on any atom is -0.495 e. The van der Waals surface area contributed by atoms with Crippen molar-refractivity contribution in [3.05, 3.63) is 67.8 Å². The molecule has 0 radical (unpaired) electrons. The first kappa shape index (κ1) is 21.8. The fourth-order valence-corrected chi connectivity index (χ4v) is 4.01. The predicted molar refractivity (Wildman–Crippen MR) is 119 cm³/mol. The molecule has 0 saturated carbocycles. The normalized spacial score (nSPS) is 12.8. The van der Waals surface area contributed by atoms with Crippen LogP contribution in [0.4, 0.5) is 0 Å². The Labute approximate surface area is 186 Å². The van der Waals surface area contributed by atoms with Crippen molar-refractivity contribution in [3.63, 3.8) is 0 Å². The summed E-state index contributed by atoms with van der Waals surface area (Å²) in [5.74, 6) is -0.0533. The first-order valence-corrected chi connectivity index (χ1v) is 11.5. The van der Waals surface area contributed by atoms with E-state index in [1.54, 1.807) is 13.0 Å². The van der Waals surface area contributed by atoms with Gasteiger partial charge in [-0.05, 0) is 31.2 Å². The molecule has 0 aliphatic rings. The number of fused-ring (bicyclic) bond motifs is 2. The lowest BCUT2D eigenvalue weighted by Gasteiger charge is -2.18. The van der Waals surface area contributed by atoms with Gasteiger partial charge >= 0.3 is 10.1 Å². The summed E-state index contributed by atoms with van der Waals surface area (Å²) in [5.41, 5.74) is -0.642. The van der Waals surface area contributed by atoms with E-state index >= 15 is 0 Å². The maximum Gasteiger partial charge on any atom is 0.307 e. The van der Waals surface area contributed by atoms with E-state index in [1.807, 2.05) is 0 Å². The molecule has 0 amide bonds. The zero-order valence-electron chi connectivity index (χ0n) is 17.1. The number of halogens is 1.